The van der Waals surface area contributed by atoms with Gasteiger partial charge in [-0.15, -0.1) is 0 Å². The van der Waals surface area contributed by atoms with Crippen molar-refractivity contribution in [2.75, 3.05) is 25.4 Å². The highest BCUT2D eigenvalue weighted by Gasteiger charge is 2.30. The highest BCUT2D eigenvalue weighted by Crippen LogP contribution is 2.29. The molecule has 1 saturated heterocycles. The van der Waals surface area contributed by atoms with E-state index in [9.17, 15) is 9.90 Å². The number of carbonyl (C=O) groups is 1. The van der Waals surface area contributed by atoms with E-state index in [0.717, 1.165) is 29.2 Å². The van der Waals surface area contributed by atoms with Gasteiger partial charge in [-0.05, 0) is 41.9 Å². The molecule has 1 aliphatic heterocycles. The summed E-state index contributed by atoms with van der Waals surface area (Å²) in [7, 11) is 0. The zero-order valence-corrected chi connectivity index (χ0v) is 16.7. The number of aliphatic hydroxyl groups excluding tert-OH is 1. The molecule has 1 amide bonds. The minimum Gasteiger partial charge on any atom is -0.494 e. The number of amides is 1. The second kappa shape index (κ2) is 10.4. The molecule has 0 aliphatic carbocycles. The average Bonchev–Trinajstić information content (AvgIpc) is 2.72. The molecule has 0 saturated carbocycles. The molecule has 3 rings (SSSR count). The number of hydrogen-bond acceptors (Lipinski definition) is 4. The number of β-amino-alcohol motifs (C(OH)–C–C–N with tert-alkyl or cyclic N) is 1. The van der Waals surface area contributed by atoms with Crippen LogP contribution in [0.1, 0.15) is 29.9 Å². The second-order valence-electron chi connectivity index (χ2n) is 7.00. The van der Waals surface area contributed by atoms with Crippen molar-refractivity contribution in [1.29, 1.82) is 0 Å². The average molecular weight is 402 g/mol. The van der Waals surface area contributed by atoms with Crippen molar-refractivity contribution in [3.8, 4) is 5.75 Å². The molecule has 150 valence electrons. The number of ether oxygens (including phenoxy) is 1. The van der Waals surface area contributed by atoms with Crippen LogP contribution in [0.15, 0.2) is 54.6 Å². The lowest BCUT2D eigenvalue weighted by Gasteiger charge is -2.34. The summed E-state index contributed by atoms with van der Waals surface area (Å²) < 4.78 is 5.81. The Hall–Kier alpha value is -2.18. The minimum atomic E-state index is -0.969. The normalized spacial score (nSPS) is 19.4. The van der Waals surface area contributed by atoms with Crippen molar-refractivity contribution in [1.82, 2.24) is 4.90 Å². The van der Waals surface area contributed by atoms with E-state index in [1.54, 1.807) is 0 Å². The number of hydrogen-bond donors (Lipinski definition) is 2. The fourth-order valence-corrected chi connectivity index (χ4v) is 4.32. The topological polar surface area (TPSA) is 70.0 Å². The Morgan fingerprint density at radius 1 is 1.14 bits per heavy atom. The predicted octanol–water partition coefficient (Wildman–Crippen LogP) is 4.22. The smallest absolute Gasteiger partial charge is 0.407 e. The van der Waals surface area contributed by atoms with E-state index < -0.39 is 12.2 Å². The fraction of sp³-hybridized carbons (Fsp3) is 0.409. The summed E-state index contributed by atoms with van der Waals surface area (Å²) in [6.07, 6.45) is -0.0146. The molecule has 1 aliphatic rings. The fourth-order valence-electron chi connectivity index (χ4n) is 3.42. The zero-order valence-electron chi connectivity index (χ0n) is 15.9. The number of aliphatic hydroxyl groups is 1. The molecule has 2 aromatic rings. The first kappa shape index (κ1) is 20.6. The molecule has 0 spiro atoms. The van der Waals surface area contributed by atoms with E-state index in [0.29, 0.717) is 19.6 Å². The van der Waals surface area contributed by atoms with Gasteiger partial charge in [0.25, 0.3) is 0 Å². The molecule has 6 heteroatoms. The van der Waals surface area contributed by atoms with Gasteiger partial charge in [-0.3, -0.25) is 0 Å². The lowest BCUT2D eigenvalue weighted by molar-refractivity contribution is 0.0504. The van der Waals surface area contributed by atoms with Gasteiger partial charge in [0.05, 0.1) is 19.3 Å². The third kappa shape index (κ3) is 5.91. The summed E-state index contributed by atoms with van der Waals surface area (Å²) in [5, 5.41) is 19.3. The van der Waals surface area contributed by atoms with Gasteiger partial charge in [0.2, 0.25) is 0 Å². The van der Waals surface area contributed by atoms with Gasteiger partial charge < -0.3 is 19.8 Å². The molecular formula is C22H27NO4S. The summed E-state index contributed by atoms with van der Waals surface area (Å²) in [6, 6.07) is 18.3. The number of benzene rings is 2. The molecule has 1 heterocycles. The maximum Gasteiger partial charge on any atom is 0.407 e. The predicted molar refractivity (Wildman–Crippen MR) is 112 cm³/mol. The summed E-state index contributed by atoms with van der Waals surface area (Å²) in [5.74, 6) is 2.88. The maximum atomic E-state index is 11.0. The number of thioether (sulfide) groups is 1. The van der Waals surface area contributed by atoms with Crippen LogP contribution >= 0.6 is 11.8 Å². The van der Waals surface area contributed by atoms with E-state index in [2.05, 4.69) is 24.3 Å². The third-order valence-corrected chi connectivity index (χ3v) is 6.09. The van der Waals surface area contributed by atoms with E-state index >= 15 is 0 Å². The van der Waals surface area contributed by atoms with Gasteiger partial charge in [-0.2, -0.15) is 11.8 Å². The first-order chi connectivity index (χ1) is 13.6. The van der Waals surface area contributed by atoms with Crippen LogP contribution in [0.2, 0.25) is 0 Å². The highest BCUT2D eigenvalue weighted by molar-refractivity contribution is 7.98. The molecule has 2 N–H and O–H groups in total. The Kier molecular flexibility index (Phi) is 7.62. The first-order valence-electron chi connectivity index (χ1n) is 9.64. The van der Waals surface area contributed by atoms with Crippen LogP contribution in [0.5, 0.6) is 5.75 Å². The number of piperidine rings is 1. The van der Waals surface area contributed by atoms with Gasteiger partial charge in [-0.1, -0.05) is 42.5 Å². The summed E-state index contributed by atoms with van der Waals surface area (Å²) in [6.45, 7) is 1.30. The van der Waals surface area contributed by atoms with Crippen molar-refractivity contribution in [3.63, 3.8) is 0 Å². The molecule has 0 bridgehead atoms. The van der Waals surface area contributed by atoms with Crippen molar-refractivity contribution < 1.29 is 19.7 Å². The highest BCUT2D eigenvalue weighted by atomic mass is 32.2. The number of nitrogens with zero attached hydrogens (tertiary/aromatic N) is 1. The van der Waals surface area contributed by atoms with Crippen molar-refractivity contribution in [2.45, 2.75) is 30.6 Å². The molecule has 2 atom stereocenters. The largest absolute Gasteiger partial charge is 0.494 e. The quantitative estimate of drug-likeness (QED) is 0.648. The summed E-state index contributed by atoms with van der Waals surface area (Å²) >= 11 is 1.91. The second-order valence-corrected chi connectivity index (χ2v) is 8.11. The minimum absolute atomic E-state index is 0.0287. The van der Waals surface area contributed by atoms with Crippen LogP contribution in [0, 0.1) is 0 Å². The lowest BCUT2D eigenvalue weighted by Crippen LogP contribution is -2.45. The van der Waals surface area contributed by atoms with Crippen LogP contribution in [-0.4, -0.2) is 52.8 Å². The Balaban J connectivity index is 1.37. The third-order valence-electron chi connectivity index (χ3n) is 4.97. The van der Waals surface area contributed by atoms with Gasteiger partial charge in [0.1, 0.15) is 5.75 Å². The zero-order chi connectivity index (χ0) is 19.8. The Morgan fingerprint density at radius 3 is 2.57 bits per heavy atom. The Morgan fingerprint density at radius 2 is 1.89 bits per heavy atom. The number of carboxylic acid groups (broad SMARTS) is 1. The first-order valence-corrected chi connectivity index (χ1v) is 10.8. The molecule has 2 aromatic carbocycles. The van der Waals surface area contributed by atoms with Crippen molar-refractivity contribution in [2.24, 2.45) is 0 Å². The molecule has 2 unspecified atom stereocenters. The van der Waals surface area contributed by atoms with Crippen molar-refractivity contribution >= 4 is 17.9 Å². The maximum absolute atomic E-state index is 11.0. The Bertz CT molecular complexity index is 738. The van der Waals surface area contributed by atoms with Crippen LogP contribution in [-0.2, 0) is 5.75 Å². The lowest BCUT2D eigenvalue weighted by atomic mass is 9.87. The van der Waals surface area contributed by atoms with Crippen LogP contribution in [0.4, 0.5) is 4.79 Å². The Labute approximate surface area is 170 Å². The molecule has 28 heavy (non-hydrogen) atoms. The van der Waals surface area contributed by atoms with E-state index in [1.807, 2.05) is 42.1 Å². The van der Waals surface area contributed by atoms with Crippen LogP contribution in [0.25, 0.3) is 0 Å². The molecule has 0 aromatic heterocycles. The summed E-state index contributed by atoms with van der Waals surface area (Å²) in [5.41, 5.74) is 2.38. The molecule has 1 fully saturated rings. The van der Waals surface area contributed by atoms with E-state index in [4.69, 9.17) is 9.84 Å². The SMILES string of the molecule is O=C(O)N1CCC(c2ccc(OCCCSCc3ccccc3)cc2)C(O)C1. The monoisotopic (exact) mass is 401 g/mol. The molecular weight excluding hydrogens is 374 g/mol. The van der Waals surface area contributed by atoms with Crippen LogP contribution < -0.4 is 4.74 Å². The standard InChI is InChI=1S/C22H27NO4S/c24-21-15-23(22(25)26)12-11-20(21)18-7-9-19(10-8-18)27-13-4-14-28-16-17-5-2-1-3-6-17/h1-3,5-10,20-21,24H,4,11-16H2,(H,25,26). The van der Waals surface area contributed by atoms with E-state index in [1.165, 1.54) is 10.5 Å². The van der Waals surface area contributed by atoms with Gasteiger partial charge in [0, 0.05) is 18.2 Å². The van der Waals surface area contributed by atoms with Crippen LogP contribution in [0.3, 0.4) is 0 Å². The van der Waals surface area contributed by atoms with Gasteiger partial charge in [0.15, 0.2) is 0 Å². The summed E-state index contributed by atoms with van der Waals surface area (Å²) in [4.78, 5) is 12.3. The molecule has 0 radical (unpaired) electrons. The molecule has 5 nitrogen and oxygen atoms in total. The van der Waals surface area contributed by atoms with Gasteiger partial charge in [-0.25, -0.2) is 4.79 Å². The number of likely N-dealkylation sites (tertiary alicyclic amines) is 1. The number of rotatable bonds is 8. The van der Waals surface area contributed by atoms with Crippen molar-refractivity contribution in [3.05, 3.63) is 65.7 Å². The van der Waals surface area contributed by atoms with E-state index in [-0.39, 0.29) is 12.5 Å². The van der Waals surface area contributed by atoms with Gasteiger partial charge >= 0.3 is 6.09 Å².